The molecule has 0 saturated heterocycles. The van der Waals surface area contributed by atoms with Crippen molar-refractivity contribution in [3.8, 4) is 11.8 Å². The van der Waals surface area contributed by atoms with Gasteiger partial charge in [0.05, 0.1) is 11.0 Å². The van der Waals surface area contributed by atoms with Gasteiger partial charge in [0.25, 0.3) is 0 Å². The minimum Gasteiger partial charge on any atom is -0.508 e. The molecule has 5 heteroatoms. The molecule has 1 aromatic carbocycles. The molecule has 0 atom stereocenters. The van der Waals surface area contributed by atoms with Crippen molar-refractivity contribution in [2.24, 2.45) is 0 Å². The van der Waals surface area contributed by atoms with Gasteiger partial charge in [0.2, 0.25) is 9.84 Å². The van der Waals surface area contributed by atoms with Crippen LogP contribution in [0.15, 0.2) is 34.6 Å². The third-order valence-corrected chi connectivity index (χ3v) is 3.24. The van der Waals surface area contributed by atoms with Gasteiger partial charge in [-0.2, -0.15) is 5.26 Å². The molecule has 1 rings (SSSR count). The minimum absolute atomic E-state index is 0.0305. The maximum absolute atomic E-state index is 11.5. The van der Waals surface area contributed by atoms with E-state index in [2.05, 4.69) is 0 Å². The maximum Gasteiger partial charge on any atom is 0.200 e. The number of phenols is 1. The van der Waals surface area contributed by atoms with Crippen LogP contribution in [-0.2, 0) is 9.84 Å². The number of aromatic hydroxyl groups is 1. The molecule has 0 fully saturated rings. The van der Waals surface area contributed by atoms with Crippen LogP contribution in [0.3, 0.4) is 0 Å². The highest BCUT2D eigenvalue weighted by Gasteiger charge is 2.11. The SMILES string of the molecule is Cc1ccc(S(=O)(=O)/C=C/C#N)cc1O. The second kappa shape index (κ2) is 4.15. The Hall–Kier alpha value is -1.80. The van der Waals surface area contributed by atoms with Crippen LogP contribution in [-0.4, -0.2) is 13.5 Å². The molecular weight excluding hydrogens is 214 g/mol. The number of rotatable bonds is 2. The fourth-order valence-electron chi connectivity index (χ4n) is 0.965. The van der Waals surface area contributed by atoms with Crippen LogP contribution in [0.4, 0.5) is 0 Å². The van der Waals surface area contributed by atoms with E-state index >= 15 is 0 Å². The first-order valence-corrected chi connectivity index (χ1v) is 5.63. The van der Waals surface area contributed by atoms with Crippen LogP contribution in [0, 0.1) is 18.3 Å². The third-order valence-electron chi connectivity index (χ3n) is 1.83. The van der Waals surface area contributed by atoms with E-state index in [1.807, 2.05) is 0 Å². The van der Waals surface area contributed by atoms with Crippen LogP contribution in [0.5, 0.6) is 5.75 Å². The molecule has 78 valence electrons. The predicted molar refractivity (Wildman–Crippen MR) is 54.8 cm³/mol. The Labute approximate surface area is 88.0 Å². The van der Waals surface area contributed by atoms with Gasteiger partial charge in [-0.15, -0.1) is 0 Å². The normalized spacial score (nSPS) is 11.5. The molecule has 4 nitrogen and oxygen atoms in total. The van der Waals surface area contributed by atoms with Gasteiger partial charge in [-0.1, -0.05) is 6.07 Å². The summed E-state index contributed by atoms with van der Waals surface area (Å²) in [4.78, 5) is -0.0305. The Morgan fingerprint density at radius 1 is 1.47 bits per heavy atom. The first-order valence-electron chi connectivity index (χ1n) is 4.08. The zero-order chi connectivity index (χ0) is 11.5. The van der Waals surface area contributed by atoms with Crippen molar-refractivity contribution in [3.63, 3.8) is 0 Å². The number of benzene rings is 1. The summed E-state index contributed by atoms with van der Waals surface area (Å²) in [6.45, 7) is 1.66. The van der Waals surface area contributed by atoms with Gasteiger partial charge in [-0.3, -0.25) is 0 Å². The number of hydrogen-bond donors (Lipinski definition) is 1. The molecule has 1 aromatic rings. The molecule has 0 aliphatic rings. The first kappa shape index (κ1) is 11.3. The van der Waals surface area contributed by atoms with Gasteiger partial charge in [0, 0.05) is 11.5 Å². The van der Waals surface area contributed by atoms with Crippen molar-refractivity contribution in [2.45, 2.75) is 11.8 Å². The standard InChI is InChI=1S/C10H9NO3S/c1-8-3-4-9(7-10(8)12)15(13,14)6-2-5-11/h2-4,6-7,12H,1H3/b6-2+. The zero-order valence-electron chi connectivity index (χ0n) is 8.01. The van der Waals surface area contributed by atoms with Crippen LogP contribution in [0.2, 0.25) is 0 Å². The van der Waals surface area contributed by atoms with E-state index in [-0.39, 0.29) is 10.6 Å². The highest BCUT2D eigenvalue weighted by Crippen LogP contribution is 2.21. The van der Waals surface area contributed by atoms with E-state index in [9.17, 15) is 13.5 Å². The number of hydrogen-bond acceptors (Lipinski definition) is 4. The Balaban J connectivity index is 3.24. The molecular formula is C10H9NO3S. The van der Waals surface area contributed by atoms with Crippen LogP contribution >= 0.6 is 0 Å². The lowest BCUT2D eigenvalue weighted by Crippen LogP contribution is -1.96. The molecule has 15 heavy (non-hydrogen) atoms. The van der Waals surface area contributed by atoms with Gasteiger partial charge in [-0.05, 0) is 24.6 Å². The van der Waals surface area contributed by atoms with E-state index in [1.54, 1.807) is 13.0 Å². The van der Waals surface area contributed by atoms with Crippen molar-refractivity contribution in [1.82, 2.24) is 0 Å². The minimum atomic E-state index is -3.62. The van der Waals surface area contributed by atoms with Crippen molar-refractivity contribution < 1.29 is 13.5 Å². The second-order valence-electron chi connectivity index (χ2n) is 2.93. The average molecular weight is 223 g/mol. The maximum atomic E-state index is 11.5. The predicted octanol–water partition coefficient (Wildman–Crippen LogP) is 1.51. The molecule has 0 aliphatic carbocycles. The Morgan fingerprint density at radius 3 is 2.67 bits per heavy atom. The van der Waals surface area contributed by atoms with E-state index in [1.165, 1.54) is 12.1 Å². The summed E-state index contributed by atoms with van der Waals surface area (Å²) in [5, 5.41) is 18.4. The average Bonchev–Trinajstić information content (AvgIpc) is 2.19. The highest BCUT2D eigenvalue weighted by molar-refractivity contribution is 7.94. The van der Waals surface area contributed by atoms with Crippen molar-refractivity contribution in [3.05, 3.63) is 35.2 Å². The molecule has 0 aliphatic heterocycles. The lowest BCUT2D eigenvalue weighted by Gasteiger charge is -2.01. The van der Waals surface area contributed by atoms with E-state index in [0.717, 1.165) is 17.6 Å². The topological polar surface area (TPSA) is 78.2 Å². The van der Waals surface area contributed by atoms with Gasteiger partial charge >= 0.3 is 0 Å². The van der Waals surface area contributed by atoms with Gasteiger partial charge in [0.15, 0.2) is 0 Å². The molecule has 0 radical (unpaired) electrons. The number of nitriles is 1. The molecule has 0 aromatic heterocycles. The summed E-state index contributed by atoms with van der Waals surface area (Å²) in [5.41, 5.74) is 0.596. The smallest absolute Gasteiger partial charge is 0.200 e. The summed E-state index contributed by atoms with van der Waals surface area (Å²) in [7, 11) is -3.62. The molecule has 0 unspecified atom stereocenters. The first-order chi connectivity index (χ1) is 6.97. The molecule has 0 bridgehead atoms. The number of sulfone groups is 1. The fraction of sp³-hybridized carbons (Fsp3) is 0.100. The Morgan fingerprint density at radius 2 is 2.13 bits per heavy atom. The summed E-state index contributed by atoms with van der Waals surface area (Å²) in [5.74, 6) is -0.0820. The number of phenolic OH excluding ortho intramolecular Hbond substituents is 1. The lowest BCUT2D eigenvalue weighted by atomic mass is 10.2. The van der Waals surface area contributed by atoms with E-state index < -0.39 is 9.84 Å². The van der Waals surface area contributed by atoms with Crippen LogP contribution < -0.4 is 0 Å². The van der Waals surface area contributed by atoms with Crippen LogP contribution in [0.1, 0.15) is 5.56 Å². The van der Waals surface area contributed by atoms with Crippen molar-refractivity contribution >= 4 is 9.84 Å². The zero-order valence-corrected chi connectivity index (χ0v) is 8.82. The highest BCUT2D eigenvalue weighted by atomic mass is 32.2. The Bertz CT molecular complexity index is 538. The number of allylic oxidation sites excluding steroid dienone is 1. The summed E-state index contributed by atoms with van der Waals surface area (Å²) in [6.07, 6.45) is 0.881. The summed E-state index contributed by atoms with van der Waals surface area (Å²) >= 11 is 0. The van der Waals surface area contributed by atoms with Gasteiger partial charge < -0.3 is 5.11 Å². The molecule has 0 spiro atoms. The Kier molecular flexibility index (Phi) is 3.12. The van der Waals surface area contributed by atoms with E-state index in [0.29, 0.717) is 5.56 Å². The quantitative estimate of drug-likeness (QED) is 0.771. The summed E-state index contributed by atoms with van der Waals surface area (Å²) < 4.78 is 23.0. The fourth-order valence-corrected chi connectivity index (χ4v) is 1.90. The largest absolute Gasteiger partial charge is 0.508 e. The number of aryl methyl sites for hydroxylation is 1. The lowest BCUT2D eigenvalue weighted by molar-refractivity contribution is 0.469. The monoisotopic (exact) mass is 223 g/mol. The van der Waals surface area contributed by atoms with Crippen molar-refractivity contribution in [1.29, 1.82) is 5.26 Å². The number of nitrogens with zero attached hydrogens (tertiary/aromatic N) is 1. The molecule has 1 N–H and O–H groups in total. The molecule has 0 saturated carbocycles. The van der Waals surface area contributed by atoms with Crippen molar-refractivity contribution in [2.75, 3.05) is 0 Å². The van der Waals surface area contributed by atoms with E-state index in [4.69, 9.17) is 5.26 Å². The molecule has 0 heterocycles. The van der Waals surface area contributed by atoms with Gasteiger partial charge in [-0.25, -0.2) is 8.42 Å². The second-order valence-corrected chi connectivity index (χ2v) is 4.76. The third kappa shape index (κ3) is 2.58. The summed E-state index contributed by atoms with van der Waals surface area (Å²) in [6, 6.07) is 5.64. The van der Waals surface area contributed by atoms with Gasteiger partial charge in [0.1, 0.15) is 5.75 Å². The molecule has 0 amide bonds. The van der Waals surface area contributed by atoms with Crippen LogP contribution in [0.25, 0.3) is 0 Å².